The summed E-state index contributed by atoms with van der Waals surface area (Å²) >= 11 is 0. The fourth-order valence-corrected chi connectivity index (χ4v) is 2.10. The molecule has 0 fully saturated rings. The highest BCUT2D eigenvalue weighted by Gasteiger charge is 2.17. The fraction of sp³-hybridized carbons (Fsp3) is 0.600. The van der Waals surface area contributed by atoms with Gasteiger partial charge in [-0.15, -0.1) is 0 Å². The van der Waals surface area contributed by atoms with Crippen LogP contribution in [0, 0.1) is 5.82 Å². The maximum Gasteiger partial charge on any atom is 0.130 e. The highest BCUT2D eigenvalue weighted by Crippen LogP contribution is 2.28. The van der Waals surface area contributed by atoms with Gasteiger partial charge in [0.15, 0.2) is 0 Å². The average molecular weight is 268 g/mol. The molecule has 0 aliphatic carbocycles. The monoisotopic (exact) mass is 268 g/mol. The largest absolute Gasteiger partial charge is 0.383 e. The van der Waals surface area contributed by atoms with Crippen LogP contribution in [-0.2, 0) is 4.74 Å². The van der Waals surface area contributed by atoms with Gasteiger partial charge in [0, 0.05) is 38.0 Å². The first-order valence-electron chi connectivity index (χ1n) is 6.83. The van der Waals surface area contributed by atoms with Gasteiger partial charge in [-0.25, -0.2) is 4.39 Å². The number of methoxy groups -OCH3 is 1. The standard InChI is InChI=1S/C15H25FN2O/c1-5-9-17-12(2)15-13(16)7-6-8-14(15)18(3)10-11-19-4/h6-8,12,17H,5,9-11H2,1-4H3. The van der Waals surface area contributed by atoms with Crippen LogP contribution in [0.2, 0.25) is 0 Å². The molecule has 1 N–H and O–H groups in total. The zero-order valence-electron chi connectivity index (χ0n) is 12.4. The van der Waals surface area contributed by atoms with Crippen molar-refractivity contribution in [3.63, 3.8) is 0 Å². The molecule has 0 heterocycles. The van der Waals surface area contributed by atoms with Crippen LogP contribution in [0.15, 0.2) is 18.2 Å². The van der Waals surface area contributed by atoms with E-state index in [0.717, 1.165) is 30.8 Å². The SMILES string of the molecule is CCCNC(C)c1c(F)cccc1N(C)CCOC. The van der Waals surface area contributed by atoms with E-state index in [1.807, 2.05) is 24.9 Å². The van der Waals surface area contributed by atoms with Gasteiger partial charge in [0.25, 0.3) is 0 Å². The Morgan fingerprint density at radius 1 is 1.42 bits per heavy atom. The molecule has 0 amide bonds. The number of benzene rings is 1. The molecule has 0 bridgehead atoms. The molecule has 0 aromatic heterocycles. The summed E-state index contributed by atoms with van der Waals surface area (Å²) in [6.45, 7) is 6.36. The average Bonchev–Trinajstić information content (AvgIpc) is 2.41. The molecule has 1 atom stereocenters. The third kappa shape index (κ3) is 4.48. The van der Waals surface area contributed by atoms with Crippen molar-refractivity contribution in [2.75, 3.05) is 38.8 Å². The smallest absolute Gasteiger partial charge is 0.130 e. The molecule has 0 radical (unpaired) electrons. The Bertz CT molecular complexity index is 384. The van der Waals surface area contributed by atoms with Crippen LogP contribution in [-0.4, -0.2) is 33.9 Å². The van der Waals surface area contributed by atoms with E-state index in [4.69, 9.17) is 4.74 Å². The van der Waals surface area contributed by atoms with Gasteiger partial charge in [0.2, 0.25) is 0 Å². The van der Waals surface area contributed by atoms with E-state index in [1.165, 1.54) is 6.07 Å². The highest BCUT2D eigenvalue weighted by molar-refractivity contribution is 5.55. The minimum absolute atomic E-state index is 0.00106. The summed E-state index contributed by atoms with van der Waals surface area (Å²) in [5.74, 6) is -0.155. The summed E-state index contributed by atoms with van der Waals surface area (Å²) < 4.78 is 19.2. The lowest BCUT2D eigenvalue weighted by Gasteiger charge is -2.25. The molecule has 0 spiro atoms. The second kappa shape index (κ2) is 8.12. The van der Waals surface area contributed by atoms with E-state index in [-0.39, 0.29) is 11.9 Å². The summed E-state index contributed by atoms with van der Waals surface area (Å²) in [5.41, 5.74) is 1.66. The number of nitrogens with one attached hydrogen (secondary N) is 1. The van der Waals surface area contributed by atoms with Crippen LogP contribution in [0.25, 0.3) is 0 Å². The van der Waals surface area contributed by atoms with Crippen molar-refractivity contribution >= 4 is 5.69 Å². The third-order valence-corrected chi connectivity index (χ3v) is 3.21. The number of hydrogen-bond acceptors (Lipinski definition) is 3. The molecular formula is C15H25FN2O. The van der Waals surface area contributed by atoms with Gasteiger partial charge >= 0.3 is 0 Å². The molecule has 0 aliphatic rings. The number of nitrogens with zero attached hydrogens (tertiary/aromatic N) is 1. The van der Waals surface area contributed by atoms with Crippen molar-refractivity contribution in [2.45, 2.75) is 26.3 Å². The van der Waals surface area contributed by atoms with E-state index in [2.05, 4.69) is 12.2 Å². The number of halogens is 1. The van der Waals surface area contributed by atoms with Gasteiger partial charge in [0.1, 0.15) is 5.82 Å². The number of anilines is 1. The maximum absolute atomic E-state index is 14.1. The Labute approximate surface area is 115 Å². The van der Waals surface area contributed by atoms with Crippen LogP contribution >= 0.6 is 0 Å². The zero-order valence-corrected chi connectivity index (χ0v) is 12.4. The lowest BCUT2D eigenvalue weighted by Crippen LogP contribution is -2.27. The topological polar surface area (TPSA) is 24.5 Å². The molecule has 0 saturated carbocycles. The lowest BCUT2D eigenvalue weighted by molar-refractivity contribution is 0.206. The van der Waals surface area contributed by atoms with Crippen molar-refractivity contribution in [3.05, 3.63) is 29.6 Å². The van der Waals surface area contributed by atoms with Crippen LogP contribution in [0.5, 0.6) is 0 Å². The number of hydrogen-bond donors (Lipinski definition) is 1. The number of ether oxygens (including phenoxy) is 1. The van der Waals surface area contributed by atoms with Gasteiger partial charge < -0.3 is 15.0 Å². The second-order valence-electron chi connectivity index (χ2n) is 4.76. The molecule has 108 valence electrons. The van der Waals surface area contributed by atoms with Crippen molar-refractivity contribution in [1.82, 2.24) is 5.32 Å². The second-order valence-corrected chi connectivity index (χ2v) is 4.76. The highest BCUT2D eigenvalue weighted by atomic mass is 19.1. The summed E-state index contributed by atoms with van der Waals surface area (Å²) in [5, 5.41) is 3.34. The van der Waals surface area contributed by atoms with Crippen LogP contribution in [0.3, 0.4) is 0 Å². The van der Waals surface area contributed by atoms with E-state index in [1.54, 1.807) is 13.2 Å². The van der Waals surface area contributed by atoms with Crippen LogP contribution < -0.4 is 10.2 Å². The summed E-state index contributed by atoms with van der Waals surface area (Å²) in [7, 11) is 3.63. The fourth-order valence-electron chi connectivity index (χ4n) is 2.10. The molecular weight excluding hydrogens is 243 g/mol. The van der Waals surface area contributed by atoms with Gasteiger partial charge in [-0.05, 0) is 32.0 Å². The minimum atomic E-state index is -0.155. The third-order valence-electron chi connectivity index (χ3n) is 3.21. The lowest BCUT2D eigenvalue weighted by atomic mass is 10.0. The summed E-state index contributed by atoms with van der Waals surface area (Å²) in [6, 6.07) is 5.23. The first-order chi connectivity index (χ1) is 9.11. The maximum atomic E-state index is 14.1. The molecule has 1 aromatic carbocycles. The Kier molecular flexibility index (Phi) is 6.81. The Balaban J connectivity index is 2.93. The molecule has 0 aliphatic heterocycles. The molecule has 19 heavy (non-hydrogen) atoms. The molecule has 1 unspecified atom stereocenters. The minimum Gasteiger partial charge on any atom is -0.383 e. The Hall–Kier alpha value is -1.13. The number of rotatable bonds is 8. The quantitative estimate of drug-likeness (QED) is 0.784. The molecule has 1 aromatic rings. The van der Waals surface area contributed by atoms with Crippen LogP contribution in [0.4, 0.5) is 10.1 Å². The molecule has 1 rings (SSSR count). The van der Waals surface area contributed by atoms with Crippen molar-refractivity contribution in [1.29, 1.82) is 0 Å². The first kappa shape index (κ1) is 15.9. The number of likely N-dealkylation sites (N-methyl/N-ethyl adjacent to an activating group) is 1. The Morgan fingerprint density at radius 3 is 2.79 bits per heavy atom. The van der Waals surface area contributed by atoms with Gasteiger partial charge in [-0.1, -0.05) is 13.0 Å². The van der Waals surface area contributed by atoms with Gasteiger partial charge in [-0.3, -0.25) is 0 Å². The molecule has 3 nitrogen and oxygen atoms in total. The van der Waals surface area contributed by atoms with E-state index in [0.29, 0.717) is 6.61 Å². The zero-order chi connectivity index (χ0) is 14.3. The summed E-state index contributed by atoms with van der Waals surface area (Å²) in [6.07, 6.45) is 1.04. The Morgan fingerprint density at radius 2 is 2.16 bits per heavy atom. The van der Waals surface area contributed by atoms with E-state index >= 15 is 0 Å². The van der Waals surface area contributed by atoms with E-state index < -0.39 is 0 Å². The van der Waals surface area contributed by atoms with E-state index in [9.17, 15) is 4.39 Å². The molecule has 4 heteroatoms. The van der Waals surface area contributed by atoms with Crippen LogP contribution in [0.1, 0.15) is 31.9 Å². The van der Waals surface area contributed by atoms with Crippen molar-refractivity contribution in [3.8, 4) is 0 Å². The predicted octanol–water partition coefficient (Wildman–Crippen LogP) is 2.97. The molecule has 0 saturated heterocycles. The summed E-state index contributed by atoms with van der Waals surface area (Å²) in [4.78, 5) is 2.03. The van der Waals surface area contributed by atoms with Gasteiger partial charge in [-0.2, -0.15) is 0 Å². The van der Waals surface area contributed by atoms with Crippen molar-refractivity contribution in [2.24, 2.45) is 0 Å². The van der Waals surface area contributed by atoms with Crippen molar-refractivity contribution < 1.29 is 9.13 Å². The predicted molar refractivity (Wildman–Crippen MR) is 78.3 cm³/mol. The van der Waals surface area contributed by atoms with Gasteiger partial charge in [0.05, 0.1) is 6.61 Å². The normalized spacial score (nSPS) is 12.5. The first-order valence-corrected chi connectivity index (χ1v) is 6.83.